The van der Waals surface area contributed by atoms with Gasteiger partial charge in [0.05, 0.1) is 12.3 Å². The molecule has 0 aliphatic rings. The summed E-state index contributed by atoms with van der Waals surface area (Å²) in [6.07, 6.45) is 0. The normalized spacial score (nSPS) is 10.6. The smallest absolute Gasteiger partial charge is 0.350 e. The van der Waals surface area contributed by atoms with Crippen LogP contribution in [-0.4, -0.2) is 17.1 Å². The van der Waals surface area contributed by atoms with Crippen LogP contribution in [0, 0.1) is 26.2 Å². The first-order valence-corrected chi connectivity index (χ1v) is 7.29. The number of hydrogen-bond acceptors (Lipinski definition) is 4. The molecule has 0 amide bonds. The fourth-order valence-corrected chi connectivity index (χ4v) is 3.18. The first-order chi connectivity index (χ1) is 9.47. The monoisotopic (exact) mass is 290 g/mol. The number of hydrogen-bond donors (Lipinski definition) is 1. The molecular weight excluding hydrogens is 272 g/mol. The molecule has 20 heavy (non-hydrogen) atoms. The summed E-state index contributed by atoms with van der Waals surface area (Å²) in [5.74, 6) is -0.353. The van der Waals surface area contributed by atoms with Gasteiger partial charge >= 0.3 is 5.97 Å². The quantitative estimate of drug-likeness (QED) is 0.883. The van der Waals surface area contributed by atoms with Crippen molar-refractivity contribution >= 4 is 17.3 Å². The number of para-hydroxylation sites is 1. The Morgan fingerprint density at radius 2 is 1.90 bits per heavy atom. The number of nitrogens with zero attached hydrogens (tertiary/aromatic N) is 1. The fourth-order valence-electron chi connectivity index (χ4n) is 2.28. The van der Waals surface area contributed by atoms with E-state index in [1.165, 1.54) is 0 Å². The number of aryl methyl sites for hydroxylation is 2. The zero-order valence-corrected chi connectivity index (χ0v) is 12.9. The number of ether oxygens (including phenoxy) is 1. The third-order valence-corrected chi connectivity index (χ3v) is 4.23. The number of carbonyl (C=O) groups excluding carboxylic acids is 1. The highest BCUT2D eigenvalue weighted by Gasteiger charge is 2.19. The van der Waals surface area contributed by atoms with Gasteiger partial charge in [-0.05, 0) is 38.8 Å². The topological polar surface area (TPSA) is 55.1 Å². The Balaban J connectivity index is 2.65. The van der Waals surface area contributed by atoms with Crippen LogP contribution >= 0.6 is 11.3 Å². The molecule has 0 unspecified atom stereocenters. The van der Waals surface area contributed by atoms with Gasteiger partial charge in [-0.15, -0.1) is 0 Å². The van der Waals surface area contributed by atoms with Crippen LogP contribution in [0.3, 0.4) is 0 Å². The predicted octanol–water partition coefficient (Wildman–Crippen LogP) is 3.12. The second kappa shape index (κ2) is 5.63. The number of carbonyl (C=O) groups is 1. The average molecular weight is 290 g/mol. The van der Waals surface area contributed by atoms with Gasteiger partial charge in [0, 0.05) is 5.69 Å². The Morgan fingerprint density at radius 1 is 1.30 bits per heavy atom. The lowest BCUT2D eigenvalue weighted by molar-refractivity contribution is 0.0531. The largest absolute Gasteiger partial charge is 0.462 e. The number of thiazole rings is 1. The maximum absolute atomic E-state index is 11.9. The lowest BCUT2D eigenvalue weighted by Gasteiger charge is -2.13. The summed E-state index contributed by atoms with van der Waals surface area (Å²) in [7, 11) is 0. The number of aromatic nitrogens is 1. The Kier molecular flexibility index (Phi) is 4.09. The van der Waals surface area contributed by atoms with Crippen molar-refractivity contribution in [1.82, 2.24) is 4.57 Å². The SMILES string of the molecule is CCOC(=O)c1sc(=N)n(-c2c(C)cccc2C)c1C. The Bertz CT molecular complexity index is 693. The van der Waals surface area contributed by atoms with Gasteiger partial charge in [-0.2, -0.15) is 0 Å². The van der Waals surface area contributed by atoms with Crippen molar-refractivity contribution < 1.29 is 9.53 Å². The molecule has 0 bridgehead atoms. The molecule has 0 atom stereocenters. The third-order valence-electron chi connectivity index (χ3n) is 3.19. The van der Waals surface area contributed by atoms with Crippen molar-refractivity contribution in [2.24, 2.45) is 0 Å². The number of benzene rings is 1. The molecule has 0 aliphatic carbocycles. The Morgan fingerprint density at radius 3 is 2.45 bits per heavy atom. The summed E-state index contributed by atoms with van der Waals surface area (Å²) in [5.41, 5.74) is 3.90. The number of nitrogens with one attached hydrogen (secondary N) is 1. The van der Waals surface area contributed by atoms with E-state index in [0.29, 0.717) is 16.3 Å². The summed E-state index contributed by atoms with van der Waals surface area (Å²) in [6, 6.07) is 6.01. The van der Waals surface area contributed by atoms with Crippen LogP contribution in [0.25, 0.3) is 5.69 Å². The first-order valence-electron chi connectivity index (χ1n) is 6.48. The van der Waals surface area contributed by atoms with Crippen molar-refractivity contribution in [2.75, 3.05) is 6.61 Å². The van der Waals surface area contributed by atoms with Gasteiger partial charge in [0.2, 0.25) is 0 Å². The molecule has 2 aromatic rings. The minimum atomic E-state index is -0.353. The standard InChI is InChI=1S/C15H18N2O2S/c1-5-19-14(18)13-11(4)17(15(16)20-13)12-9(2)7-6-8-10(12)3/h6-8,16H,5H2,1-4H3. The minimum Gasteiger partial charge on any atom is -0.462 e. The molecule has 5 heteroatoms. The van der Waals surface area contributed by atoms with Gasteiger partial charge in [0.25, 0.3) is 0 Å². The highest BCUT2D eigenvalue weighted by atomic mass is 32.1. The molecule has 0 fully saturated rings. The van der Waals surface area contributed by atoms with Gasteiger partial charge < -0.3 is 4.74 Å². The van der Waals surface area contributed by atoms with E-state index >= 15 is 0 Å². The maximum Gasteiger partial charge on any atom is 0.350 e. The van der Waals surface area contributed by atoms with Crippen LogP contribution < -0.4 is 4.80 Å². The van der Waals surface area contributed by atoms with Gasteiger partial charge in [0.1, 0.15) is 4.88 Å². The molecule has 0 saturated carbocycles. The van der Waals surface area contributed by atoms with Gasteiger partial charge in [0.15, 0.2) is 4.80 Å². The zero-order valence-electron chi connectivity index (χ0n) is 12.1. The zero-order chi connectivity index (χ0) is 14.9. The van der Waals surface area contributed by atoms with E-state index < -0.39 is 0 Å². The van der Waals surface area contributed by atoms with Gasteiger partial charge in [-0.25, -0.2) is 4.79 Å². The van der Waals surface area contributed by atoms with Crippen LogP contribution in [0.5, 0.6) is 0 Å². The lowest BCUT2D eigenvalue weighted by Crippen LogP contribution is -2.15. The summed E-state index contributed by atoms with van der Waals surface area (Å²) in [5, 5.41) is 8.16. The molecule has 0 spiro atoms. The lowest BCUT2D eigenvalue weighted by atomic mass is 10.1. The molecule has 0 radical (unpaired) electrons. The molecule has 0 saturated heterocycles. The number of esters is 1. The highest BCUT2D eigenvalue weighted by Crippen LogP contribution is 2.23. The van der Waals surface area contributed by atoms with Gasteiger partial charge in [-0.1, -0.05) is 29.5 Å². The number of rotatable bonds is 3. The average Bonchev–Trinajstić information content (AvgIpc) is 2.67. The molecule has 1 aromatic heterocycles. The van der Waals surface area contributed by atoms with E-state index in [1.807, 2.05) is 43.5 Å². The van der Waals surface area contributed by atoms with E-state index in [0.717, 1.165) is 33.8 Å². The van der Waals surface area contributed by atoms with E-state index in [4.69, 9.17) is 10.1 Å². The van der Waals surface area contributed by atoms with E-state index in [-0.39, 0.29) is 5.97 Å². The molecule has 1 aromatic carbocycles. The van der Waals surface area contributed by atoms with E-state index in [1.54, 1.807) is 6.92 Å². The molecule has 2 rings (SSSR count). The second-order valence-electron chi connectivity index (χ2n) is 4.62. The summed E-state index contributed by atoms with van der Waals surface area (Å²) < 4.78 is 6.87. The van der Waals surface area contributed by atoms with Crippen LogP contribution in [0.2, 0.25) is 0 Å². The maximum atomic E-state index is 11.9. The second-order valence-corrected chi connectivity index (χ2v) is 5.62. The van der Waals surface area contributed by atoms with Crippen molar-refractivity contribution in [3.8, 4) is 5.69 Å². The van der Waals surface area contributed by atoms with Crippen molar-refractivity contribution in [3.63, 3.8) is 0 Å². The van der Waals surface area contributed by atoms with Crippen LogP contribution in [0.1, 0.15) is 33.4 Å². The van der Waals surface area contributed by atoms with Crippen LogP contribution in [-0.2, 0) is 4.74 Å². The highest BCUT2D eigenvalue weighted by molar-refractivity contribution is 7.11. The van der Waals surface area contributed by atoms with Crippen molar-refractivity contribution in [1.29, 1.82) is 5.41 Å². The summed E-state index contributed by atoms with van der Waals surface area (Å²) >= 11 is 1.16. The van der Waals surface area contributed by atoms with Crippen molar-refractivity contribution in [2.45, 2.75) is 27.7 Å². The molecule has 0 aliphatic heterocycles. The van der Waals surface area contributed by atoms with Crippen LogP contribution in [0.4, 0.5) is 0 Å². The molecule has 1 N–H and O–H groups in total. The predicted molar refractivity (Wildman–Crippen MR) is 79.7 cm³/mol. The minimum absolute atomic E-state index is 0.336. The first kappa shape index (κ1) is 14.5. The summed E-state index contributed by atoms with van der Waals surface area (Å²) in [4.78, 5) is 12.8. The molecule has 106 valence electrons. The molecule has 1 heterocycles. The van der Waals surface area contributed by atoms with Gasteiger partial charge in [-0.3, -0.25) is 9.98 Å². The molecular formula is C15H18N2O2S. The van der Waals surface area contributed by atoms with Crippen LogP contribution in [0.15, 0.2) is 18.2 Å². The van der Waals surface area contributed by atoms with E-state index in [2.05, 4.69) is 0 Å². The Hall–Kier alpha value is -1.88. The summed E-state index contributed by atoms with van der Waals surface area (Å²) in [6.45, 7) is 7.99. The van der Waals surface area contributed by atoms with E-state index in [9.17, 15) is 4.79 Å². The fraction of sp³-hybridized carbons (Fsp3) is 0.333. The third kappa shape index (κ3) is 2.41. The Labute approximate surface area is 122 Å². The molecule has 4 nitrogen and oxygen atoms in total. The van der Waals surface area contributed by atoms with Crippen molar-refractivity contribution in [3.05, 3.63) is 44.7 Å².